The number of aryl methyl sites for hydroxylation is 2. The van der Waals surface area contributed by atoms with E-state index in [0.717, 1.165) is 25.2 Å². The highest BCUT2D eigenvalue weighted by Gasteiger charge is 2.15. The highest BCUT2D eigenvalue weighted by Crippen LogP contribution is 2.23. The van der Waals surface area contributed by atoms with Gasteiger partial charge in [0.2, 0.25) is 0 Å². The predicted octanol–water partition coefficient (Wildman–Crippen LogP) is 3.31. The van der Waals surface area contributed by atoms with Crippen molar-refractivity contribution in [2.45, 2.75) is 40.5 Å². The Morgan fingerprint density at radius 3 is 2.44 bits per heavy atom. The Balaban J connectivity index is 2.57. The van der Waals surface area contributed by atoms with E-state index in [-0.39, 0.29) is 0 Å². The molecule has 0 spiro atoms. The first-order valence-corrected chi connectivity index (χ1v) is 7.63. The zero-order valence-corrected chi connectivity index (χ0v) is 13.8. The number of hydrogen-bond acceptors (Lipinski definition) is 2. The van der Waals surface area contributed by atoms with Crippen LogP contribution in [-0.4, -0.2) is 22.9 Å². The van der Waals surface area contributed by atoms with Gasteiger partial charge in [-0.3, -0.25) is 4.68 Å². The summed E-state index contributed by atoms with van der Waals surface area (Å²) in [4.78, 5) is 0. The van der Waals surface area contributed by atoms with Gasteiger partial charge >= 0.3 is 0 Å². The van der Waals surface area contributed by atoms with Crippen LogP contribution in [-0.2, 0) is 13.5 Å². The first kappa shape index (κ1) is 15.7. The molecule has 1 atom stereocenters. The summed E-state index contributed by atoms with van der Waals surface area (Å²) < 4.78 is 3.18. The molecular formula is C14H26BrN3. The van der Waals surface area contributed by atoms with E-state index in [1.165, 1.54) is 16.6 Å². The monoisotopic (exact) mass is 315 g/mol. The first-order valence-electron chi connectivity index (χ1n) is 6.84. The summed E-state index contributed by atoms with van der Waals surface area (Å²) in [6.45, 7) is 11.0. The largest absolute Gasteiger partial charge is 0.316 e. The fourth-order valence-corrected chi connectivity index (χ4v) is 2.61. The molecule has 1 heterocycles. The molecule has 0 saturated carbocycles. The SMILES string of the molecule is CCC(CNCC(C)C)Cc1c(Br)c(C)nn1C. The highest BCUT2D eigenvalue weighted by molar-refractivity contribution is 9.10. The molecular weight excluding hydrogens is 290 g/mol. The van der Waals surface area contributed by atoms with Crippen LogP contribution in [0.5, 0.6) is 0 Å². The first-order chi connectivity index (χ1) is 8.45. The van der Waals surface area contributed by atoms with Crippen molar-refractivity contribution in [3.63, 3.8) is 0 Å². The molecule has 1 rings (SSSR count). The van der Waals surface area contributed by atoms with E-state index in [9.17, 15) is 0 Å². The third kappa shape index (κ3) is 4.39. The van der Waals surface area contributed by atoms with Crippen molar-refractivity contribution in [3.05, 3.63) is 15.9 Å². The predicted molar refractivity (Wildman–Crippen MR) is 80.8 cm³/mol. The van der Waals surface area contributed by atoms with Gasteiger partial charge in [0.05, 0.1) is 15.9 Å². The molecule has 4 heteroatoms. The molecule has 18 heavy (non-hydrogen) atoms. The number of hydrogen-bond donors (Lipinski definition) is 1. The molecule has 0 saturated heterocycles. The average molecular weight is 316 g/mol. The standard InChI is InChI=1S/C14H26BrN3/c1-6-12(9-16-8-10(2)3)7-13-14(15)11(4)17-18(13)5/h10,12,16H,6-9H2,1-5H3. The molecule has 0 aliphatic carbocycles. The number of nitrogens with one attached hydrogen (secondary N) is 1. The smallest absolute Gasteiger partial charge is 0.0738 e. The molecule has 0 aliphatic heterocycles. The second-order valence-corrected chi connectivity index (χ2v) is 6.29. The summed E-state index contributed by atoms with van der Waals surface area (Å²) in [7, 11) is 2.03. The van der Waals surface area contributed by atoms with Gasteiger partial charge < -0.3 is 5.32 Å². The second kappa shape index (κ2) is 7.29. The Hall–Kier alpha value is -0.350. The van der Waals surface area contributed by atoms with Crippen molar-refractivity contribution in [2.24, 2.45) is 18.9 Å². The molecule has 0 bridgehead atoms. The van der Waals surface area contributed by atoms with E-state index in [2.05, 4.69) is 47.1 Å². The van der Waals surface area contributed by atoms with Gasteiger partial charge in [0.25, 0.3) is 0 Å². The Labute approximate surface area is 119 Å². The second-order valence-electron chi connectivity index (χ2n) is 5.50. The Bertz CT molecular complexity index is 371. The molecule has 0 aromatic carbocycles. The summed E-state index contributed by atoms with van der Waals surface area (Å²) in [6.07, 6.45) is 2.28. The third-order valence-electron chi connectivity index (χ3n) is 3.31. The van der Waals surface area contributed by atoms with E-state index >= 15 is 0 Å². The third-order valence-corrected chi connectivity index (χ3v) is 4.34. The molecule has 1 aromatic heterocycles. The van der Waals surface area contributed by atoms with Crippen LogP contribution in [0.3, 0.4) is 0 Å². The maximum atomic E-state index is 4.46. The number of rotatable bonds is 7. The zero-order valence-electron chi connectivity index (χ0n) is 12.3. The molecule has 0 fully saturated rings. The van der Waals surface area contributed by atoms with Crippen LogP contribution < -0.4 is 5.32 Å². The lowest BCUT2D eigenvalue weighted by Gasteiger charge is -2.17. The minimum atomic E-state index is 0.676. The van der Waals surface area contributed by atoms with Crippen LogP contribution in [0.2, 0.25) is 0 Å². The fourth-order valence-electron chi connectivity index (χ4n) is 2.11. The van der Waals surface area contributed by atoms with Crippen molar-refractivity contribution in [1.82, 2.24) is 15.1 Å². The highest BCUT2D eigenvalue weighted by atomic mass is 79.9. The molecule has 0 aliphatic rings. The minimum Gasteiger partial charge on any atom is -0.316 e. The van der Waals surface area contributed by atoms with Crippen LogP contribution >= 0.6 is 15.9 Å². The number of nitrogens with zero attached hydrogens (tertiary/aromatic N) is 2. The molecule has 104 valence electrons. The van der Waals surface area contributed by atoms with Crippen LogP contribution in [0.25, 0.3) is 0 Å². The average Bonchev–Trinajstić information content (AvgIpc) is 2.53. The molecule has 1 aromatic rings. The van der Waals surface area contributed by atoms with E-state index in [4.69, 9.17) is 0 Å². The molecule has 1 unspecified atom stereocenters. The van der Waals surface area contributed by atoms with Gasteiger partial charge in [-0.1, -0.05) is 27.2 Å². The van der Waals surface area contributed by atoms with Crippen molar-refractivity contribution in [3.8, 4) is 0 Å². The Kier molecular flexibility index (Phi) is 6.36. The summed E-state index contributed by atoms with van der Waals surface area (Å²) >= 11 is 3.65. The van der Waals surface area contributed by atoms with Crippen molar-refractivity contribution < 1.29 is 0 Å². The summed E-state index contributed by atoms with van der Waals surface area (Å²) in [5, 5.41) is 8.01. The lowest BCUT2D eigenvalue weighted by Crippen LogP contribution is -2.27. The molecule has 1 N–H and O–H groups in total. The lowest BCUT2D eigenvalue weighted by molar-refractivity contribution is 0.428. The van der Waals surface area contributed by atoms with Gasteiger partial charge in [0.15, 0.2) is 0 Å². The van der Waals surface area contributed by atoms with E-state index in [1.54, 1.807) is 0 Å². The van der Waals surface area contributed by atoms with Crippen molar-refractivity contribution in [1.29, 1.82) is 0 Å². The number of aromatic nitrogens is 2. The van der Waals surface area contributed by atoms with Crippen LogP contribution in [0.1, 0.15) is 38.6 Å². The van der Waals surface area contributed by atoms with Gasteiger partial charge in [0.1, 0.15) is 0 Å². The fraction of sp³-hybridized carbons (Fsp3) is 0.786. The molecule has 3 nitrogen and oxygen atoms in total. The van der Waals surface area contributed by atoms with Crippen LogP contribution in [0, 0.1) is 18.8 Å². The molecule has 0 amide bonds. The van der Waals surface area contributed by atoms with Gasteiger partial charge in [0, 0.05) is 7.05 Å². The quantitative estimate of drug-likeness (QED) is 0.836. The van der Waals surface area contributed by atoms with Gasteiger partial charge in [-0.05, 0) is 54.2 Å². The molecule has 0 radical (unpaired) electrons. The normalized spacial score (nSPS) is 13.3. The van der Waals surface area contributed by atoms with E-state index in [1.807, 2.05) is 18.7 Å². The number of halogens is 1. The van der Waals surface area contributed by atoms with Crippen molar-refractivity contribution in [2.75, 3.05) is 13.1 Å². The summed E-state index contributed by atoms with van der Waals surface area (Å²) in [5.41, 5.74) is 2.39. The van der Waals surface area contributed by atoms with E-state index in [0.29, 0.717) is 11.8 Å². The van der Waals surface area contributed by atoms with Crippen molar-refractivity contribution >= 4 is 15.9 Å². The summed E-state index contributed by atoms with van der Waals surface area (Å²) in [5.74, 6) is 1.39. The maximum Gasteiger partial charge on any atom is 0.0738 e. The zero-order chi connectivity index (χ0) is 13.7. The maximum absolute atomic E-state index is 4.46. The Morgan fingerprint density at radius 2 is 2.00 bits per heavy atom. The van der Waals surface area contributed by atoms with Crippen LogP contribution in [0.4, 0.5) is 0 Å². The summed E-state index contributed by atoms with van der Waals surface area (Å²) in [6, 6.07) is 0. The Morgan fingerprint density at radius 1 is 1.33 bits per heavy atom. The van der Waals surface area contributed by atoms with Gasteiger partial charge in [-0.2, -0.15) is 5.10 Å². The van der Waals surface area contributed by atoms with Gasteiger partial charge in [-0.25, -0.2) is 0 Å². The lowest BCUT2D eigenvalue weighted by atomic mass is 10.00. The minimum absolute atomic E-state index is 0.676. The van der Waals surface area contributed by atoms with E-state index < -0.39 is 0 Å². The topological polar surface area (TPSA) is 29.9 Å². The van der Waals surface area contributed by atoms with Crippen LogP contribution in [0.15, 0.2) is 4.47 Å². The van der Waals surface area contributed by atoms with Gasteiger partial charge in [-0.15, -0.1) is 0 Å².